The lowest BCUT2D eigenvalue weighted by atomic mass is 10.1. The molecule has 0 aliphatic carbocycles. The van der Waals surface area contributed by atoms with Crippen molar-refractivity contribution in [1.29, 1.82) is 0 Å². The molecular weight excluding hydrogens is 392 g/mol. The van der Waals surface area contributed by atoms with E-state index in [1.165, 1.54) is 4.90 Å². The fraction of sp³-hybridized carbons (Fsp3) is 0.417. The Hall–Kier alpha value is -3.22. The highest BCUT2D eigenvalue weighted by molar-refractivity contribution is 6.01. The van der Waals surface area contributed by atoms with Gasteiger partial charge in [-0.15, -0.1) is 0 Å². The van der Waals surface area contributed by atoms with Gasteiger partial charge in [-0.25, -0.2) is 4.98 Å². The Morgan fingerprint density at radius 3 is 2.26 bits per heavy atom. The summed E-state index contributed by atoms with van der Waals surface area (Å²) >= 11 is 0. The van der Waals surface area contributed by atoms with Gasteiger partial charge in [0.15, 0.2) is 0 Å². The molecule has 0 atom stereocenters. The molecule has 31 heavy (non-hydrogen) atoms. The number of aryl methyl sites for hydroxylation is 2. The van der Waals surface area contributed by atoms with Gasteiger partial charge in [0.2, 0.25) is 17.7 Å². The minimum absolute atomic E-state index is 0.00110. The van der Waals surface area contributed by atoms with E-state index in [1.807, 2.05) is 58.0 Å². The molecule has 1 aromatic carbocycles. The first kappa shape index (κ1) is 24.1. The Morgan fingerprint density at radius 2 is 1.68 bits per heavy atom. The van der Waals surface area contributed by atoms with E-state index in [-0.39, 0.29) is 37.1 Å². The van der Waals surface area contributed by atoms with Crippen LogP contribution in [0.5, 0.6) is 0 Å². The fourth-order valence-corrected chi connectivity index (χ4v) is 3.00. The summed E-state index contributed by atoms with van der Waals surface area (Å²) in [6.07, 6.45) is 2.48. The van der Waals surface area contributed by atoms with Gasteiger partial charge in [-0.2, -0.15) is 0 Å². The van der Waals surface area contributed by atoms with Crippen molar-refractivity contribution in [2.45, 2.75) is 59.4 Å². The molecule has 2 rings (SSSR count). The molecule has 0 aliphatic rings. The molecule has 0 unspecified atom stereocenters. The van der Waals surface area contributed by atoms with Crippen LogP contribution in [0.3, 0.4) is 0 Å². The highest BCUT2D eigenvalue weighted by atomic mass is 16.2. The Morgan fingerprint density at radius 1 is 1.00 bits per heavy atom. The number of rotatable bonds is 8. The number of aromatic nitrogens is 1. The van der Waals surface area contributed by atoms with Crippen molar-refractivity contribution in [3.63, 3.8) is 0 Å². The van der Waals surface area contributed by atoms with Gasteiger partial charge in [0.25, 0.3) is 0 Å². The number of hydrogen-bond donors (Lipinski definition) is 2. The van der Waals surface area contributed by atoms with Gasteiger partial charge in [0, 0.05) is 30.3 Å². The molecule has 0 radical (unpaired) electrons. The number of carbonyl (C=O) groups excluding carboxylic acids is 3. The van der Waals surface area contributed by atoms with Crippen molar-refractivity contribution in [2.24, 2.45) is 0 Å². The summed E-state index contributed by atoms with van der Waals surface area (Å²) in [6, 6.07) is 11.1. The number of benzene rings is 1. The van der Waals surface area contributed by atoms with Crippen molar-refractivity contribution >= 4 is 29.2 Å². The lowest BCUT2D eigenvalue weighted by molar-refractivity contribution is -0.125. The highest BCUT2D eigenvalue weighted by Gasteiger charge is 2.22. The largest absolute Gasteiger partial charge is 0.350 e. The standard InChI is InChI=1S/C24H32N4O3/c1-6-18-7-9-19(10-8-18)28(16-22(30)27-24(3,4)5)23(31)12-11-21(29)26-20-15-17(2)13-14-25-20/h7-10,13-15H,6,11-12,16H2,1-5H3,(H,27,30)(H,25,26,29). The molecule has 1 aromatic heterocycles. The van der Waals surface area contributed by atoms with Crippen molar-refractivity contribution in [2.75, 3.05) is 16.8 Å². The molecule has 7 nitrogen and oxygen atoms in total. The zero-order valence-corrected chi connectivity index (χ0v) is 19.0. The minimum Gasteiger partial charge on any atom is -0.350 e. The van der Waals surface area contributed by atoms with E-state index in [2.05, 4.69) is 22.5 Å². The van der Waals surface area contributed by atoms with E-state index in [0.29, 0.717) is 11.5 Å². The number of hydrogen-bond acceptors (Lipinski definition) is 4. The zero-order chi connectivity index (χ0) is 23.0. The summed E-state index contributed by atoms with van der Waals surface area (Å²) in [5, 5.41) is 5.58. The molecule has 0 bridgehead atoms. The van der Waals surface area contributed by atoms with Crippen LogP contribution in [0.2, 0.25) is 0 Å². The Labute approximate surface area is 184 Å². The molecule has 7 heteroatoms. The summed E-state index contributed by atoms with van der Waals surface area (Å²) in [6.45, 7) is 9.51. The molecule has 0 aliphatic heterocycles. The summed E-state index contributed by atoms with van der Waals surface area (Å²) in [5.41, 5.74) is 2.35. The number of nitrogens with one attached hydrogen (secondary N) is 2. The van der Waals surface area contributed by atoms with Crippen LogP contribution in [0.1, 0.15) is 51.7 Å². The van der Waals surface area contributed by atoms with Crippen molar-refractivity contribution in [1.82, 2.24) is 10.3 Å². The third-order valence-electron chi connectivity index (χ3n) is 4.52. The number of amides is 3. The van der Waals surface area contributed by atoms with E-state index >= 15 is 0 Å². The molecule has 0 saturated carbocycles. The molecule has 1 heterocycles. The first-order valence-corrected chi connectivity index (χ1v) is 10.5. The summed E-state index contributed by atoms with van der Waals surface area (Å²) in [4.78, 5) is 43.3. The maximum Gasteiger partial charge on any atom is 0.240 e. The quantitative estimate of drug-likeness (QED) is 0.677. The monoisotopic (exact) mass is 424 g/mol. The number of nitrogens with zero attached hydrogens (tertiary/aromatic N) is 2. The predicted octanol–water partition coefficient (Wildman–Crippen LogP) is 3.62. The molecule has 166 valence electrons. The average Bonchev–Trinajstić information content (AvgIpc) is 2.69. The predicted molar refractivity (Wildman–Crippen MR) is 123 cm³/mol. The van der Waals surface area contributed by atoms with Crippen LogP contribution in [0.15, 0.2) is 42.6 Å². The lowest BCUT2D eigenvalue weighted by Gasteiger charge is -2.26. The second kappa shape index (κ2) is 10.7. The van der Waals surface area contributed by atoms with Crippen LogP contribution >= 0.6 is 0 Å². The van der Waals surface area contributed by atoms with Gasteiger partial charge in [-0.1, -0.05) is 19.1 Å². The Balaban J connectivity index is 2.07. The molecule has 0 saturated heterocycles. The third-order valence-corrected chi connectivity index (χ3v) is 4.52. The molecule has 2 N–H and O–H groups in total. The average molecular weight is 425 g/mol. The van der Waals surface area contributed by atoms with Crippen molar-refractivity contribution < 1.29 is 14.4 Å². The second-order valence-electron chi connectivity index (χ2n) is 8.56. The van der Waals surface area contributed by atoms with E-state index in [0.717, 1.165) is 17.5 Å². The summed E-state index contributed by atoms with van der Waals surface area (Å²) in [7, 11) is 0. The molecule has 2 aromatic rings. The smallest absolute Gasteiger partial charge is 0.240 e. The lowest BCUT2D eigenvalue weighted by Crippen LogP contribution is -2.47. The number of pyridine rings is 1. The van der Waals surface area contributed by atoms with E-state index < -0.39 is 5.54 Å². The number of carbonyl (C=O) groups is 3. The van der Waals surface area contributed by atoms with E-state index in [9.17, 15) is 14.4 Å². The Bertz CT molecular complexity index is 917. The molecule has 3 amide bonds. The van der Waals surface area contributed by atoms with Crippen LogP contribution in [-0.2, 0) is 20.8 Å². The topological polar surface area (TPSA) is 91.4 Å². The van der Waals surface area contributed by atoms with Crippen LogP contribution in [0, 0.1) is 6.92 Å². The summed E-state index contributed by atoms with van der Waals surface area (Å²) < 4.78 is 0. The van der Waals surface area contributed by atoms with Crippen molar-refractivity contribution in [3.8, 4) is 0 Å². The van der Waals surface area contributed by atoms with Crippen LogP contribution < -0.4 is 15.5 Å². The fourth-order valence-electron chi connectivity index (χ4n) is 3.00. The van der Waals surface area contributed by atoms with Gasteiger partial charge in [-0.05, 0) is 69.5 Å². The first-order chi connectivity index (χ1) is 14.6. The molecular formula is C24H32N4O3. The van der Waals surface area contributed by atoms with Crippen LogP contribution in [0.4, 0.5) is 11.5 Å². The normalized spacial score (nSPS) is 11.0. The molecule has 0 spiro atoms. The van der Waals surface area contributed by atoms with Crippen LogP contribution in [0.25, 0.3) is 0 Å². The van der Waals surface area contributed by atoms with Gasteiger partial charge in [-0.3, -0.25) is 14.4 Å². The van der Waals surface area contributed by atoms with E-state index in [1.54, 1.807) is 12.3 Å². The maximum absolute atomic E-state index is 13.0. The maximum atomic E-state index is 13.0. The van der Waals surface area contributed by atoms with Gasteiger partial charge < -0.3 is 15.5 Å². The van der Waals surface area contributed by atoms with Crippen LogP contribution in [-0.4, -0.2) is 34.8 Å². The van der Waals surface area contributed by atoms with Gasteiger partial charge in [0.05, 0.1) is 0 Å². The van der Waals surface area contributed by atoms with Gasteiger partial charge in [0.1, 0.15) is 12.4 Å². The SMILES string of the molecule is CCc1ccc(N(CC(=O)NC(C)(C)C)C(=O)CCC(=O)Nc2cc(C)ccn2)cc1. The number of anilines is 2. The second-order valence-corrected chi connectivity index (χ2v) is 8.56. The third kappa shape index (κ3) is 8.20. The molecule has 0 fully saturated rings. The van der Waals surface area contributed by atoms with Crippen molar-refractivity contribution in [3.05, 3.63) is 53.7 Å². The zero-order valence-electron chi connectivity index (χ0n) is 19.0. The summed E-state index contributed by atoms with van der Waals surface area (Å²) in [5.74, 6) is -0.393. The first-order valence-electron chi connectivity index (χ1n) is 10.5. The van der Waals surface area contributed by atoms with E-state index in [4.69, 9.17) is 0 Å². The highest BCUT2D eigenvalue weighted by Crippen LogP contribution is 2.18. The Kier molecular flexibility index (Phi) is 8.30. The minimum atomic E-state index is -0.404. The van der Waals surface area contributed by atoms with Gasteiger partial charge >= 0.3 is 0 Å².